The van der Waals surface area contributed by atoms with Crippen LogP contribution in [-0.4, -0.2) is 31.5 Å². The fraction of sp³-hybridized carbons (Fsp3) is 0.529. The molecule has 1 fully saturated rings. The van der Waals surface area contributed by atoms with Crippen molar-refractivity contribution in [1.29, 1.82) is 0 Å². The molecule has 2 amide bonds. The number of hydrogen-bond donors (Lipinski definition) is 2. The van der Waals surface area contributed by atoms with Gasteiger partial charge < -0.3 is 15.4 Å². The van der Waals surface area contributed by atoms with E-state index in [-0.39, 0.29) is 6.04 Å². The normalized spacial score (nSPS) is 15.1. The molecule has 0 radical (unpaired) electrons. The molecule has 0 unspecified atom stereocenters. The zero-order valence-electron chi connectivity index (χ0n) is 13.1. The van der Waals surface area contributed by atoms with E-state index in [1.165, 1.54) is 6.42 Å². The van der Waals surface area contributed by atoms with Crippen LogP contribution in [0.3, 0.4) is 0 Å². The van der Waals surface area contributed by atoms with E-state index in [1.54, 1.807) is 7.11 Å². The molecule has 0 bridgehead atoms. The topological polar surface area (TPSA) is 67.4 Å². The van der Waals surface area contributed by atoms with Crippen LogP contribution in [0.5, 0.6) is 5.75 Å². The first kappa shape index (κ1) is 16.3. The molecule has 2 N–H and O–H groups in total. The van der Waals surface area contributed by atoms with Crippen molar-refractivity contribution in [3.8, 4) is 5.75 Å². The predicted molar refractivity (Wildman–Crippen MR) is 84.7 cm³/mol. The zero-order valence-corrected chi connectivity index (χ0v) is 13.1. The van der Waals surface area contributed by atoms with E-state index >= 15 is 0 Å². The van der Waals surface area contributed by atoms with Crippen LogP contribution in [0, 0.1) is 0 Å². The Morgan fingerprint density at radius 2 is 1.86 bits per heavy atom. The third-order valence-electron chi connectivity index (χ3n) is 4.02. The summed E-state index contributed by atoms with van der Waals surface area (Å²) < 4.78 is 5.26. The Hall–Kier alpha value is -2.04. The Balaban J connectivity index is 1.73. The number of carbonyl (C=O) groups is 2. The van der Waals surface area contributed by atoms with E-state index in [1.807, 2.05) is 24.3 Å². The van der Waals surface area contributed by atoms with Crippen molar-refractivity contribution in [2.45, 2.75) is 44.6 Å². The molecule has 2 rings (SSSR count). The molecule has 1 saturated carbocycles. The molecule has 0 saturated heterocycles. The molecule has 5 heteroatoms. The van der Waals surface area contributed by atoms with Gasteiger partial charge >= 0.3 is 11.8 Å². The van der Waals surface area contributed by atoms with E-state index < -0.39 is 11.8 Å². The molecule has 0 spiro atoms. The van der Waals surface area contributed by atoms with Gasteiger partial charge in [0, 0.05) is 12.6 Å². The van der Waals surface area contributed by atoms with Crippen LogP contribution in [0.2, 0.25) is 0 Å². The minimum atomic E-state index is -0.555. The van der Waals surface area contributed by atoms with Gasteiger partial charge in [-0.05, 0) is 30.9 Å². The number of ether oxygens (including phenoxy) is 1. The average Bonchev–Trinajstić information content (AvgIpc) is 2.56. The molecule has 0 atom stereocenters. The van der Waals surface area contributed by atoms with E-state index in [4.69, 9.17) is 4.74 Å². The highest BCUT2D eigenvalue weighted by Gasteiger charge is 2.19. The maximum atomic E-state index is 11.8. The van der Waals surface area contributed by atoms with Crippen molar-refractivity contribution in [2.75, 3.05) is 13.7 Å². The first-order valence-corrected chi connectivity index (χ1v) is 7.91. The molecule has 1 aromatic carbocycles. The largest absolute Gasteiger partial charge is 0.496 e. The zero-order chi connectivity index (χ0) is 15.8. The minimum absolute atomic E-state index is 0.154. The molecule has 1 aliphatic carbocycles. The van der Waals surface area contributed by atoms with E-state index in [2.05, 4.69) is 10.6 Å². The monoisotopic (exact) mass is 304 g/mol. The Kier molecular flexibility index (Phi) is 6.25. The van der Waals surface area contributed by atoms with E-state index in [0.29, 0.717) is 13.0 Å². The third kappa shape index (κ3) is 4.76. The summed E-state index contributed by atoms with van der Waals surface area (Å²) in [7, 11) is 1.62. The Bertz CT molecular complexity index is 510. The van der Waals surface area contributed by atoms with Gasteiger partial charge in [0.1, 0.15) is 5.75 Å². The Morgan fingerprint density at radius 3 is 2.59 bits per heavy atom. The highest BCUT2D eigenvalue weighted by Crippen LogP contribution is 2.18. The van der Waals surface area contributed by atoms with E-state index in [9.17, 15) is 9.59 Å². The van der Waals surface area contributed by atoms with Gasteiger partial charge in [-0.1, -0.05) is 37.5 Å². The first-order valence-electron chi connectivity index (χ1n) is 7.91. The van der Waals surface area contributed by atoms with Gasteiger partial charge in [-0.2, -0.15) is 0 Å². The van der Waals surface area contributed by atoms with Crippen molar-refractivity contribution in [1.82, 2.24) is 10.6 Å². The highest BCUT2D eigenvalue weighted by atomic mass is 16.5. The number of rotatable bonds is 5. The summed E-state index contributed by atoms with van der Waals surface area (Å²) in [6.07, 6.45) is 6.05. The van der Waals surface area contributed by atoms with Crippen LogP contribution in [0.15, 0.2) is 24.3 Å². The van der Waals surface area contributed by atoms with Crippen LogP contribution in [0.1, 0.15) is 37.7 Å². The standard InChI is InChI=1S/C17H24N2O3/c1-22-15-10-6-5-7-13(15)11-12-18-16(20)17(21)19-14-8-3-2-4-9-14/h5-7,10,14H,2-4,8-9,11-12H2,1H3,(H,18,20)(H,19,21). The van der Waals surface area contributed by atoms with Gasteiger partial charge in [0.05, 0.1) is 7.11 Å². The van der Waals surface area contributed by atoms with Crippen LogP contribution in [0.25, 0.3) is 0 Å². The fourth-order valence-corrected chi connectivity index (χ4v) is 2.80. The van der Waals surface area contributed by atoms with Crippen LogP contribution in [0.4, 0.5) is 0 Å². The number of carbonyl (C=O) groups excluding carboxylic acids is 2. The second-order valence-electron chi connectivity index (χ2n) is 5.63. The smallest absolute Gasteiger partial charge is 0.309 e. The van der Waals surface area contributed by atoms with Crippen LogP contribution < -0.4 is 15.4 Å². The molecule has 0 aromatic heterocycles. The molecule has 5 nitrogen and oxygen atoms in total. The molecule has 0 aliphatic heterocycles. The van der Waals surface area contributed by atoms with Crippen molar-refractivity contribution < 1.29 is 14.3 Å². The molecule has 22 heavy (non-hydrogen) atoms. The number of nitrogens with one attached hydrogen (secondary N) is 2. The number of hydrogen-bond acceptors (Lipinski definition) is 3. The summed E-state index contributed by atoms with van der Waals surface area (Å²) in [5, 5.41) is 5.48. The molecule has 1 aliphatic rings. The highest BCUT2D eigenvalue weighted by molar-refractivity contribution is 6.35. The van der Waals surface area contributed by atoms with Crippen molar-refractivity contribution >= 4 is 11.8 Å². The van der Waals surface area contributed by atoms with Gasteiger partial charge in [-0.15, -0.1) is 0 Å². The lowest BCUT2D eigenvalue weighted by molar-refractivity contribution is -0.139. The second kappa shape index (κ2) is 8.41. The second-order valence-corrected chi connectivity index (χ2v) is 5.63. The third-order valence-corrected chi connectivity index (χ3v) is 4.02. The number of methoxy groups -OCH3 is 1. The summed E-state index contributed by atoms with van der Waals surface area (Å²) in [5.41, 5.74) is 1.01. The van der Waals surface area contributed by atoms with Crippen LogP contribution in [-0.2, 0) is 16.0 Å². The summed E-state index contributed by atoms with van der Waals surface area (Å²) >= 11 is 0. The minimum Gasteiger partial charge on any atom is -0.496 e. The lowest BCUT2D eigenvalue weighted by Gasteiger charge is -2.22. The van der Waals surface area contributed by atoms with Gasteiger partial charge in [-0.25, -0.2) is 0 Å². The summed E-state index contributed by atoms with van der Waals surface area (Å²) in [6.45, 7) is 0.414. The van der Waals surface area contributed by atoms with Crippen molar-refractivity contribution in [2.24, 2.45) is 0 Å². The predicted octanol–water partition coefficient (Wildman–Crippen LogP) is 1.80. The molecule has 0 heterocycles. The fourth-order valence-electron chi connectivity index (χ4n) is 2.80. The SMILES string of the molecule is COc1ccccc1CCNC(=O)C(=O)NC1CCCCC1. The van der Waals surface area contributed by atoms with Gasteiger partial charge in [0.2, 0.25) is 0 Å². The Labute approximate surface area is 131 Å². The molecule has 1 aromatic rings. The van der Waals surface area contributed by atoms with Crippen molar-refractivity contribution in [3.63, 3.8) is 0 Å². The maximum Gasteiger partial charge on any atom is 0.309 e. The van der Waals surface area contributed by atoms with Gasteiger partial charge in [0.15, 0.2) is 0 Å². The number of para-hydroxylation sites is 1. The van der Waals surface area contributed by atoms with Gasteiger partial charge in [-0.3, -0.25) is 9.59 Å². The molecular formula is C17H24N2O3. The summed E-state index contributed by atoms with van der Waals surface area (Å²) in [5.74, 6) is -0.282. The van der Waals surface area contributed by atoms with Crippen LogP contribution >= 0.6 is 0 Å². The Morgan fingerprint density at radius 1 is 1.14 bits per heavy atom. The molecular weight excluding hydrogens is 280 g/mol. The molecule has 120 valence electrons. The quantitative estimate of drug-likeness (QED) is 0.815. The van der Waals surface area contributed by atoms with Crippen molar-refractivity contribution in [3.05, 3.63) is 29.8 Å². The summed E-state index contributed by atoms with van der Waals surface area (Å²) in [6, 6.07) is 7.81. The lowest BCUT2D eigenvalue weighted by Crippen LogP contribution is -2.45. The van der Waals surface area contributed by atoms with Gasteiger partial charge in [0.25, 0.3) is 0 Å². The van der Waals surface area contributed by atoms with E-state index in [0.717, 1.165) is 37.0 Å². The lowest BCUT2D eigenvalue weighted by atomic mass is 9.95. The maximum absolute atomic E-state index is 11.8. The summed E-state index contributed by atoms with van der Waals surface area (Å²) in [4.78, 5) is 23.6. The number of benzene rings is 1. The first-order chi connectivity index (χ1) is 10.7. The average molecular weight is 304 g/mol. The number of amides is 2.